The third-order valence-corrected chi connectivity index (χ3v) is 2.51. The molecule has 0 aromatic rings. The van der Waals surface area contributed by atoms with Crippen molar-refractivity contribution in [3.8, 4) is 0 Å². The van der Waals surface area contributed by atoms with E-state index >= 15 is 0 Å². The summed E-state index contributed by atoms with van der Waals surface area (Å²) < 4.78 is 52.3. The van der Waals surface area contributed by atoms with Crippen LogP contribution in [0.1, 0.15) is 19.3 Å². The van der Waals surface area contributed by atoms with Crippen LogP contribution in [-0.2, 0) is 4.74 Å². The van der Waals surface area contributed by atoms with Crippen molar-refractivity contribution in [3.63, 3.8) is 0 Å². The molecule has 0 aromatic carbocycles. The molecule has 0 saturated carbocycles. The summed E-state index contributed by atoms with van der Waals surface area (Å²) in [5, 5.41) is 8.46. The molecule has 1 atom stereocenters. The summed E-state index contributed by atoms with van der Waals surface area (Å²) in [6.07, 6.45) is -5.04. The molecule has 1 N–H and O–H groups in total. The maximum Gasteiger partial charge on any atom is 0.572 e. The highest BCUT2D eigenvalue weighted by Gasteiger charge is 2.35. The fourth-order valence-corrected chi connectivity index (χ4v) is 1.67. The fraction of sp³-hybridized carbons (Fsp3) is 0.556. The number of allylic oxidation sites excluding steroid dienone is 2. The number of rotatable bonds is 3. The van der Waals surface area contributed by atoms with Crippen molar-refractivity contribution in [3.05, 3.63) is 11.6 Å². The van der Waals surface area contributed by atoms with Gasteiger partial charge in [-0.1, -0.05) is 12.2 Å². The van der Waals surface area contributed by atoms with E-state index in [2.05, 4.69) is 17.0 Å². The van der Waals surface area contributed by atoms with E-state index in [1.54, 1.807) is 0 Å². The van der Waals surface area contributed by atoms with Gasteiger partial charge in [0.2, 0.25) is 0 Å². The normalized spacial score (nSPS) is 21.9. The van der Waals surface area contributed by atoms with Crippen LogP contribution >= 0.6 is 12.2 Å². The Morgan fingerprint density at radius 3 is 2.56 bits per heavy atom. The molecule has 2 nitrogen and oxygen atoms in total. The van der Waals surface area contributed by atoms with Crippen molar-refractivity contribution < 1.29 is 22.3 Å². The monoisotopic (exact) mass is 255 g/mol. The Labute approximate surface area is 94.8 Å². The molecule has 16 heavy (non-hydrogen) atoms. The quantitative estimate of drug-likeness (QED) is 0.475. The smallest absolute Gasteiger partial charge is 0.408 e. The van der Waals surface area contributed by atoms with Gasteiger partial charge < -0.3 is 10.1 Å². The molecule has 0 radical (unpaired) electrons. The summed E-state index contributed by atoms with van der Waals surface area (Å²) in [7, 11) is 0. The van der Waals surface area contributed by atoms with Crippen molar-refractivity contribution in [2.45, 2.75) is 25.6 Å². The van der Waals surface area contributed by atoms with Gasteiger partial charge in [0.15, 0.2) is 0 Å². The Morgan fingerprint density at radius 2 is 2.12 bits per heavy atom. The van der Waals surface area contributed by atoms with E-state index in [0.717, 1.165) is 5.37 Å². The highest BCUT2D eigenvalue weighted by molar-refractivity contribution is 7.80. The van der Waals surface area contributed by atoms with E-state index in [9.17, 15) is 17.6 Å². The second kappa shape index (κ2) is 4.90. The Kier molecular flexibility index (Phi) is 4.01. The van der Waals surface area contributed by atoms with Crippen molar-refractivity contribution in [2.75, 3.05) is 0 Å². The minimum absolute atomic E-state index is 0.0659. The van der Waals surface area contributed by atoms with Gasteiger partial charge in [0.25, 0.3) is 0 Å². The minimum Gasteiger partial charge on any atom is -0.408 e. The van der Waals surface area contributed by atoms with Crippen LogP contribution in [0.2, 0.25) is 0 Å². The Hall–Kier alpha value is -0.980. The molecule has 1 aliphatic carbocycles. The first-order valence-electron chi connectivity index (χ1n) is 4.50. The number of ether oxygens (including phenoxy) is 1. The molecule has 1 aliphatic rings. The van der Waals surface area contributed by atoms with Crippen molar-refractivity contribution >= 4 is 23.3 Å². The maximum atomic E-state index is 13.2. The van der Waals surface area contributed by atoms with Crippen LogP contribution in [0, 0.1) is 11.3 Å². The maximum absolute atomic E-state index is 13.2. The third kappa shape index (κ3) is 3.55. The average Bonchev–Trinajstić information content (AvgIpc) is 2.18. The number of hydrogen-bond donors (Lipinski definition) is 1. The van der Waals surface area contributed by atoms with Crippen LogP contribution < -0.4 is 0 Å². The first kappa shape index (κ1) is 13.1. The zero-order chi connectivity index (χ0) is 12.3. The van der Waals surface area contributed by atoms with E-state index in [1.165, 1.54) is 0 Å². The average molecular weight is 255 g/mol. The van der Waals surface area contributed by atoms with Gasteiger partial charge in [-0.2, -0.15) is 0 Å². The first-order valence-corrected chi connectivity index (χ1v) is 4.97. The SMILES string of the molecule is N=C(C=S)C1CCC(OC(F)(F)F)=C(F)C1. The Balaban J connectivity index is 2.70. The van der Waals surface area contributed by atoms with E-state index < -0.39 is 23.9 Å². The highest BCUT2D eigenvalue weighted by atomic mass is 32.1. The summed E-state index contributed by atoms with van der Waals surface area (Å²) in [6.45, 7) is 0. The Bertz CT molecular complexity index is 337. The van der Waals surface area contributed by atoms with E-state index in [1.807, 2.05) is 0 Å². The lowest BCUT2D eigenvalue weighted by Gasteiger charge is -2.23. The lowest BCUT2D eigenvalue weighted by Crippen LogP contribution is -2.22. The lowest BCUT2D eigenvalue weighted by atomic mass is 9.89. The zero-order valence-electron chi connectivity index (χ0n) is 8.10. The first-order chi connectivity index (χ1) is 7.33. The zero-order valence-corrected chi connectivity index (χ0v) is 8.92. The van der Waals surface area contributed by atoms with Gasteiger partial charge in [0, 0.05) is 29.8 Å². The third-order valence-electron chi connectivity index (χ3n) is 2.25. The van der Waals surface area contributed by atoms with Crippen LogP contribution in [0.15, 0.2) is 11.6 Å². The van der Waals surface area contributed by atoms with Crippen LogP contribution in [0.25, 0.3) is 0 Å². The van der Waals surface area contributed by atoms with Gasteiger partial charge >= 0.3 is 6.36 Å². The number of nitrogens with one attached hydrogen (secondary N) is 1. The summed E-state index contributed by atoms with van der Waals surface area (Å²) >= 11 is 4.51. The lowest BCUT2D eigenvalue weighted by molar-refractivity contribution is -0.308. The van der Waals surface area contributed by atoms with E-state index in [4.69, 9.17) is 5.41 Å². The standard InChI is InChI=1S/C9H9F4NOS/c10-6-3-5(7(14)4-16)1-2-8(6)15-9(11,12)13/h4-5,14H,1-3H2. The molecular formula is C9H9F4NOS. The summed E-state index contributed by atoms with van der Waals surface area (Å²) in [4.78, 5) is 0. The molecule has 90 valence electrons. The van der Waals surface area contributed by atoms with Gasteiger partial charge in [0.1, 0.15) is 11.6 Å². The van der Waals surface area contributed by atoms with Crippen molar-refractivity contribution in [2.24, 2.45) is 5.92 Å². The topological polar surface area (TPSA) is 33.1 Å². The van der Waals surface area contributed by atoms with Crippen molar-refractivity contribution in [1.82, 2.24) is 0 Å². The number of hydrogen-bond acceptors (Lipinski definition) is 3. The minimum atomic E-state index is -4.86. The van der Waals surface area contributed by atoms with Crippen LogP contribution in [0.5, 0.6) is 0 Å². The molecule has 1 rings (SSSR count). The predicted octanol–water partition coefficient (Wildman–Crippen LogP) is 3.52. The van der Waals surface area contributed by atoms with Crippen LogP contribution in [0.4, 0.5) is 17.6 Å². The van der Waals surface area contributed by atoms with Gasteiger partial charge in [-0.3, -0.25) is 0 Å². The molecule has 0 aliphatic heterocycles. The van der Waals surface area contributed by atoms with Gasteiger partial charge in [-0.25, -0.2) is 4.39 Å². The number of halogens is 4. The summed E-state index contributed by atoms with van der Waals surface area (Å²) in [5.74, 6) is -2.07. The predicted molar refractivity (Wildman–Crippen MR) is 54.0 cm³/mol. The number of thiocarbonyl (C=S) groups is 1. The van der Waals surface area contributed by atoms with Crippen LogP contribution in [-0.4, -0.2) is 17.4 Å². The Morgan fingerprint density at radius 1 is 1.50 bits per heavy atom. The molecule has 0 amide bonds. The largest absolute Gasteiger partial charge is 0.572 e. The molecule has 1 unspecified atom stereocenters. The molecule has 0 spiro atoms. The van der Waals surface area contributed by atoms with Gasteiger partial charge in [-0.05, 0) is 6.42 Å². The van der Waals surface area contributed by atoms with Crippen LogP contribution in [0.3, 0.4) is 0 Å². The van der Waals surface area contributed by atoms with E-state index in [-0.39, 0.29) is 25.0 Å². The molecule has 0 fully saturated rings. The summed E-state index contributed by atoms with van der Waals surface area (Å²) in [6, 6.07) is 0. The highest BCUT2D eigenvalue weighted by Crippen LogP contribution is 2.34. The molecule has 0 heterocycles. The van der Waals surface area contributed by atoms with Crippen molar-refractivity contribution in [1.29, 1.82) is 5.41 Å². The number of alkyl halides is 3. The van der Waals surface area contributed by atoms with Gasteiger partial charge in [0.05, 0.1) is 0 Å². The fourth-order valence-electron chi connectivity index (χ4n) is 1.48. The van der Waals surface area contributed by atoms with Gasteiger partial charge in [-0.15, -0.1) is 13.2 Å². The van der Waals surface area contributed by atoms with E-state index in [0.29, 0.717) is 0 Å². The molecule has 0 bridgehead atoms. The second-order valence-electron chi connectivity index (χ2n) is 3.39. The molecule has 7 heteroatoms. The molecular weight excluding hydrogens is 246 g/mol. The molecule has 0 aromatic heterocycles. The molecule has 0 saturated heterocycles. The second-order valence-corrected chi connectivity index (χ2v) is 3.62. The summed E-state index contributed by atoms with van der Waals surface area (Å²) in [5.41, 5.74) is 0.0659.